The average molecular weight is 254 g/mol. The van der Waals surface area contributed by atoms with Crippen molar-refractivity contribution in [3.05, 3.63) is 29.8 Å². The quantitative estimate of drug-likeness (QED) is 0.894. The van der Waals surface area contributed by atoms with E-state index in [0.29, 0.717) is 4.90 Å². The monoisotopic (exact) mass is 254 g/mol. The fraction of sp³-hybridized carbons (Fsp3) is 0.538. The van der Waals surface area contributed by atoms with E-state index >= 15 is 0 Å². The highest BCUT2D eigenvalue weighted by Gasteiger charge is 2.61. The van der Waals surface area contributed by atoms with Gasteiger partial charge in [-0.3, -0.25) is 0 Å². The molecule has 2 rings (SSSR count). The maximum absolute atomic E-state index is 11.4. The van der Waals surface area contributed by atoms with Crippen molar-refractivity contribution in [2.45, 2.75) is 30.6 Å². The maximum Gasteiger partial charge on any atom is 0.175 e. The molecule has 1 unspecified atom stereocenters. The summed E-state index contributed by atoms with van der Waals surface area (Å²) in [7, 11) is -3.14. The number of benzene rings is 1. The lowest BCUT2D eigenvalue weighted by molar-refractivity contribution is 0.231. The Morgan fingerprint density at radius 2 is 1.71 bits per heavy atom. The van der Waals surface area contributed by atoms with Crippen molar-refractivity contribution in [3.63, 3.8) is 0 Å². The van der Waals surface area contributed by atoms with Crippen molar-refractivity contribution in [2.24, 2.45) is 5.41 Å². The molecule has 1 aliphatic carbocycles. The van der Waals surface area contributed by atoms with E-state index in [1.54, 1.807) is 12.1 Å². The maximum atomic E-state index is 11.4. The lowest BCUT2D eigenvalue weighted by Crippen LogP contribution is -2.19. The summed E-state index contributed by atoms with van der Waals surface area (Å²) in [5.41, 5.74) is 0.926. The topological polar surface area (TPSA) is 54.4 Å². The van der Waals surface area contributed by atoms with Crippen LogP contribution in [0.2, 0.25) is 0 Å². The van der Waals surface area contributed by atoms with Gasteiger partial charge in [0.25, 0.3) is 0 Å². The summed E-state index contributed by atoms with van der Waals surface area (Å²) in [6.07, 6.45) is 2.14. The molecular weight excluding hydrogens is 236 g/mol. The minimum absolute atomic E-state index is 0.0916. The Kier molecular flexibility index (Phi) is 2.64. The van der Waals surface area contributed by atoms with Gasteiger partial charge in [-0.1, -0.05) is 26.0 Å². The van der Waals surface area contributed by atoms with E-state index in [0.717, 1.165) is 12.0 Å². The van der Waals surface area contributed by atoms with Crippen LogP contribution < -0.4 is 0 Å². The highest BCUT2D eigenvalue weighted by Crippen LogP contribution is 2.63. The lowest BCUT2D eigenvalue weighted by atomic mass is 9.89. The first-order valence-corrected chi connectivity index (χ1v) is 7.54. The van der Waals surface area contributed by atoms with E-state index in [2.05, 4.69) is 13.8 Å². The SMILES string of the molecule is CC1(C)CC1(CO)c1ccc(S(C)(=O)=O)cc1. The van der Waals surface area contributed by atoms with Crippen LogP contribution in [0.1, 0.15) is 25.8 Å². The zero-order valence-electron chi connectivity index (χ0n) is 10.4. The largest absolute Gasteiger partial charge is 0.395 e. The van der Waals surface area contributed by atoms with Gasteiger partial charge in [-0.2, -0.15) is 0 Å². The molecule has 4 heteroatoms. The van der Waals surface area contributed by atoms with E-state index in [-0.39, 0.29) is 17.4 Å². The van der Waals surface area contributed by atoms with Gasteiger partial charge in [-0.15, -0.1) is 0 Å². The van der Waals surface area contributed by atoms with Crippen molar-refractivity contribution in [3.8, 4) is 0 Å². The third kappa shape index (κ3) is 1.89. The number of hydrogen-bond acceptors (Lipinski definition) is 3. The van der Waals surface area contributed by atoms with Crippen molar-refractivity contribution >= 4 is 9.84 Å². The fourth-order valence-electron chi connectivity index (χ4n) is 2.59. The van der Waals surface area contributed by atoms with Crippen molar-refractivity contribution in [1.29, 1.82) is 0 Å². The Morgan fingerprint density at radius 1 is 1.24 bits per heavy atom. The molecule has 0 aromatic heterocycles. The van der Waals surface area contributed by atoms with E-state index in [9.17, 15) is 13.5 Å². The Labute approximate surface area is 102 Å². The van der Waals surface area contributed by atoms with Crippen LogP contribution in [0.15, 0.2) is 29.2 Å². The Morgan fingerprint density at radius 3 is 2.00 bits per heavy atom. The molecule has 1 aliphatic rings. The zero-order valence-corrected chi connectivity index (χ0v) is 11.2. The van der Waals surface area contributed by atoms with E-state index < -0.39 is 9.84 Å². The smallest absolute Gasteiger partial charge is 0.175 e. The number of rotatable bonds is 3. The number of aliphatic hydroxyl groups excluding tert-OH is 1. The Hall–Kier alpha value is -0.870. The van der Waals surface area contributed by atoms with Gasteiger partial charge in [0.1, 0.15) is 0 Å². The summed E-state index contributed by atoms with van der Waals surface area (Å²) in [5, 5.41) is 9.56. The Bertz CT molecular complexity index is 528. The minimum Gasteiger partial charge on any atom is -0.395 e. The third-order valence-electron chi connectivity index (χ3n) is 4.02. The molecule has 1 saturated carbocycles. The summed E-state index contributed by atoms with van der Waals surface area (Å²) in [5.74, 6) is 0. The summed E-state index contributed by atoms with van der Waals surface area (Å²) in [6, 6.07) is 6.88. The first kappa shape index (κ1) is 12.6. The summed E-state index contributed by atoms with van der Waals surface area (Å²) in [4.78, 5) is 0.327. The average Bonchev–Trinajstić information content (AvgIpc) is 2.81. The van der Waals surface area contributed by atoms with E-state index in [1.807, 2.05) is 12.1 Å². The molecule has 0 heterocycles. The second kappa shape index (κ2) is 3.56. The van der Waals surface area contributed by atoms with Gasteiger partial charge in [0.05, 0.1) is 11.5 Å². The second-order valence-corrected chi connectivity index (χ2v) is 7.61. The molecule has 1 N–H and O–H groups in total. The number of aliphatic hydroxyl groups is 1. The molecule has 3 nitrogen and oxygen atoms in total. The highest BCUT2D eigenvalue weighted by atomic mass is 32.2. The van der Waals surface area contributed by atoms with Crippen molar-refractivity contribution < 1.29 is 13.5 Å². The molecule has 1 fully saturated rings. The van der Waals surface area contributed by atoms with Gasteiger partial charge in [-0.05, 0) is 29.5 Å². The van der Waals surface area contributed by atoms with E-state index in [1.165, 1.54) is 6.26 Å². The summed E-state index contributed by atoms with van der Waals surface area (Å²) in [6.45, 7) is 4.35. The van der Waals surface area contributed by atoms with E-state index in [4.69, 9.17) is 0 Å². The molecule has 94 valence electrons. The molecule has 0 aliphatic heterocycles. The molecule has 0 radical (unpaired) electrons. The van der Waals surface area contributed by atoms with Crippen LogP contribution in [0.3, 0.4) is 0 Å². The first-order chi connectivity index (χ1) is 7.73. The molecule has 0 amide bonds. The van der Waals surface area contributed by atoms with Gasteiger partial charge in [0, 0.05) is 11.7 Å². The van der Waals surface area contributed by atoms with Crippen LogP contribution in [-0.4, -0.2) is 26.4 Å². The normalized spacial score (nSPS) is 26.8. The molecule has 0 bridgehead atoms. The highest BCUT2D eigenvalue weighted by molar-refractivity contribution is 7.90. The van der Waals surface area contributed by atoms with Gasteiger partial charge >= 0.3 is 0 Å². The summed E-state index contributed by atoms with van der Waals surface area (Å²) >= 11 is 0. The predicted molar refractivity (Wildman–Crippen MR) is 66.7 cm³/mol. The van der Waals surface area contributed by atoms with Crippen molar-refractivity contribution in [1.82, 2.24) is 0 Å². The second-order valence-electron chi connectivity index (χ2n) is 5.60. The Balaban J connectivity index is 2.38. The van der Waals surface area contributed by atoms with Crippen LogP contribution in [0, 0.1) is 5.41 Å². The van der Waals surface area contributed by atoms with Gasteiger partial charge in [-0.25, -0.2) is 8.42 Å². The van der Waals surface area contributed by atoms with Gasteiger partial charge in [0.2, 0.25) is 0 Å². The summed E-state index contributed by atoms with van der Waals surface area (Å²) < 4.78 is 22.7. The van der Waals surface area contributed by atoms with Gasteiger partial charge < -0.3 is 5.11 Å². The van der Waals surface area contributed by atoms with Crippen LogP contribution >= 0.6 is 0 Å². The zero-order chi connectivity index (χ0) is 12.9. The molecule has 0 spiro atoms. The fourth-order valence-corrected chi connectivity index (χ4v) is 3.22. The van der Waals surface area contributed by atoms with Gasteiger partial charge in [0.15, 0.2) is 9.84 Å². The molecule has 1 aromatic carbocycles. The lowest BCUT2D eigenvalue weighted by Gasteiger charge is -2.18. The van der Waals surface area contributed by atoms with Crippen LogP contribution in [0.25, 0.3) is 0 Å². The number of hydrogen-bond donors (Lipinski definition) is 1. The predicted octanol–water partition coefficient (Wildman–Crippen LogP) is 1.75. The molecule has 17 heavy (non-hydrogen) atoms. The third-order valence-corrected chi connectivity index (χ3v) is 5.15. The molecule has 0 saturated heterocycles. The van der Waals surface area contributed by atoms with Crippen LogP contribution in [0.4, 0.5) is 0 Å². The van der Waals surface area contributed by atoms with Crippen LogP contribution in [-0.2, 0) is 15.3 Å². The molecule has 1 aromatic rings. The molecular formula is C13H18O3S. The van der Waals surface area contributed by atoms with Crippen molar-refractivity contribution in [2.75, 3.05) is 12.9 Å². The first-order valence-electron chi connectivity index (χ1n) is 5.64. The minimum atomic E-state index is -3.14. The van der Waals surface area contributed by atoms with Crippen LogP contribution in [0.5, 0.6) is 0 Å². The standard InChI is InChI=1S/C13H18O3S/c1-12(2)8-13(12,9-14)10-4-6-11(7-5-10)17(3,15)16/h4-7,14H,8-9H2,1-3H3. The molecule has 1 atom stereocenters. The number of sulfone groups is 1.